The van der Waals surface area contributed by atoms with Crippen LogP contribution in [0.5, 0.6) is 0 Å². The quantitative estimate of drug-likeness (QED) is 0.846. The van der Waals surface area contributed by atoms with E-state index in [1.807, 2.05) is 0 Å². The Labute approximate surface area is 125 Å². The number of carbonyl (C=O) groups is 1. The summed E-state index contributed by atoms with van der Waals surface area (Å²) >= 11 is 0. The minimum absolute atomic E-state index is 0.173. The van der Waals surface area contributed by atoms with Gasteiger partial charge in [0.25, 0.3) is 0 Å². The standard InChI is InChI=1S/C19H21NO/c21-19(17-7-2-1-3-8-17)20-13-12-15-10-11-16-6-4-5-9-18(16)14-15/h1-2,4-6,9-11,14,17H,3,7-8,12-13H2,(H,20,21). The molecule has 0 radical (unpaired) electrons. The van der Waals surface area contributed by atoms with E-state index in [4.69, 9.17) is 0 Å². The highest BCUT2D eigenvalue weighted by Crippen LogP contribution is 2.18. The molecule has 1 aliphatic rings. The lowest BCUT2D eigenvalue weighted by Crippen LogP contribution is -2.32. The van der Waals surface area contributed by atoms with E-state index in [1.54, 1.807) is 0 Å². The Morgan fingerprint density at radius 3 is 2.76 bits per heavy atom. The summed E-state index contributed by atoms with van der Waals surface area (Å²) in [6.07, 6.45) is 8.08. The second-order valence-corrected chi connectivity index (χ2v) is 5.70. The van der Waals surface area contributed by atoms with Crippen LogP contribution in [0.4, 0.5) is 0 Å². The summed E-state index contributed by atoms with van der Waals surface area (Å²) in [5, 5.41) is 5.60. The molecule has 1 amide bonds. The van der Waals surface area contributed by atoms with E-state index in [2.05, 4.69) is 59.9 Å². The van der Waals surface area contributed by atoms with Crippen LogP contribution in [0.15, 0.2) is 54.6 Å². The molecule has 108 valence electrons. The summed E-state index contributed by atoms with van der Waals surface area (Å²) in [6, 6.07) is 14.9. The molecule has 0 saturated carbocycles. The van der Waals surface area contributed by atoms with Gasteiger partial charge in [-0.1, -0.05) is 54.6 Å². The first kappa shape index (κ1) is 13.9. The Morgan fingerprint density at radius 2 is 1.95 bits per heavy atom. The Hall–Kier alpha value is -2.09. The van der Waals surface area contributed by atoms with Crippen molar-refractivity contribution in [2.75, 3.05) is 6.54 Å². The molecule has 21 heavy (non-hydrogen) atoms. The average Bonchev–Trinajstić information content (AvgIpc) is 2.55. The minimum Gasteiger partial charge on any atom is -0.356 e. The summed E-state index contributed by atoms with van der Waals surface area (Å²) in [7, 11) is 0. The van der Waals surface area contributed by atoms with Crippen molar-refractivity contribution >= 4 is 16.7 Å². The Balaban J connectivity index is 1.54. The van der Waals surface area contributed by atoms with E-state index in [1.165, 1.54) is 16.3 Å². The van der Waals surface area contributed by atoms with Crippen LogP contribution < -0.4 is 5.32 Å². The van der Waals surface area contributed by atoms with Gasteiger partial charge in [-0.05, 0) is 42.0 Å². The highest BCUT2D eigenvalue weighted by atomic mass is 16.1. The molecule has 0 heterocycles. The van der Waals surface area contributed by atoms with E-state index in [0.29, 0.717) is 0 Å². The second-order valence-electron chi connectivity index (χ2n) is 5.70. The van der Waals surface area contributed by atoms with Crippen LogP contribution in [0.3, 0.4) is 0 Å². The predicted molar refractivity (Wildman–Crippen MR) is 87.1 cm³/mol. The van der Waals surface area contributed by atoms with Gasteiger partial charge >= 0.3 is 0 Å². The molecule has 0 bridgehead atoms. The van der Waals surface area contributed by atoms with Crippen LogP contribution in [0.1, 0.15) is 24.8 Å². The van der Waals surface area contributed by atoms with E-state index in [9.17, 15) is 4.79 Å². The lowest BCUT2D eigenvalue weighted by atomic mass is 9.93. The average molecular weight is 279 g/mol. The topological polar surface area (TPSA) is 29.1 Å². The molecule has 1 N–H and O–H groups in total. The zero-order valence-corrected chi connectivity index (χ0v) is 12.2. The monoisotopic (exact) mass is 279 g/mol. The molecule has 1 atom stereocenters. The smallest absolute Gasteiger partial charge is 0.223 e. The zero-order valence-electron chi connectivity index (χ0n) is 12.2. The maximum absolute atomic E-state index is 12.1. The SMILES string of the molecule is O=C(NCCc1ccc2ccccc2c1)C1CC=CCC1. The van der Waals surface area contributed by atoms with Crippen molar-refractivity contribution in [2.24, 2.45) is 5.92 Å². The highest BCUT2D eigenvalue weighted by molar-refractivity contribution is 5.83. The molecule has 2 aromatic carbocycles. The van der Waals surface area contributed by atoms with Crippen molar-refractivity contribution in [1.29, 1.82) is 0 Å². The van der Waals surface area contributed by atoms with Crippen molar-refractivity contribution in [3.05, 3.63) is 60.2 Å². The van der Waals surface area contributed by atoms with Gasteiger partial charge in [-0.2, -0.15) is 0 Å². The number of nitrogens with one attached hydrogen (secondary N) is 1. The normalized spacial score (nSPS) is 17.8. The zero-order chi connectivity index (χ0) is 14.5. The largest absolute Gasteiger partial charge is 0.356 e. The van der Waals surface area contributed by atoms with Gasteiger partial charge in [0.1, 0.15) is 0 Å². The van der Waals surface area contributed by atoms with Crippen LogP contribution >= 0.6 is 0 Å². The van der Waals surface area contributed by atoms with Gasteiger partial charge in [0.05, 0.1) is 0 Å². The summed E-state index contributed by atoms with van der Waals surface area (Å²) in [5.41, 5.74) is 1.28. The van der Waals surface area contributed by atoms with Gasteiger partial charge in [-0.25, -0.2) is 0 Å². The molecule has 3 rings (SSSR count). The maximum Gasteiger partial charge on any atom is 0.223 e. The number of hydrogen-bond donors (Lipinski definition) is 1. The van der Waals surface area contributed by atoms with Crippen molar-refractivity contribution in [3.63, 3.8) is 0 Å². The summed E-state index contributed by atoms with van der Waals surface area (Å²) in [4.78, 5) is 12.1. The van der Waals surface area contributed by atoms with Crippen molar-refractivity contribution in [1.82, 2.24) is 5.32 Å². The molecule has 1 unspecified atom stereocenters. The van der Waals surface area contributed by atoms with Crippen LogP contribution in [0, 0.1) is 5.92 Å². The van der Waals surface area contributed by atoms with E-state index < -0.39 is 0 Å². The van der Waals surface area contributed by atoms with Gasteiger partial charge in [0.2, 0.25) is 5.91 Å². The molecule has 2 aromatic rings. The van der Waals surface area contributed by atoms with E-state index in [0.717, 1.165) is 32.2 Å². The van der Waals surface area contributed by atoms with Crippen LogP contribution in [0.2, 0.25) is 0 Å². The number of hydrogen-bond acceptors (Lipinski definition) is 1. The Morgan fingerprint density at radius 1 is 1.10 bits per heavy atom. The van der Waals surface area contributed by atoms with Gasteiger partial charge in [-0.15, -0.1) is 0 Å². The third-order valence-electron chi connectivity index (χ3n) is 4.17. The van der Waals surface area contributed by atoms with Crippen LogP contribution in [0.25, 0.3) is 10.8 Å². The number of amides is 1. The Bertz CT molecular complexity index is 659. The second kappa shape index (κ2) is 6.57. The molecular formula is C19H21NO. The third-order valence-corrected chi connectivity index (χ3v) is 4.17. The molecular weight excluding hydrogens is 258 g/mol. The molecule has 0 fully saturated rings. The molecule has 0 aromatic heterocycles. The van der Waals surface area contributed by atoms with Crippen LogP contribution in [-0.2, 0) is 11.2 Å². The lowest BCUT2D eigenvalue weighted by Gasteiger charge is -2.17. The van der Waals surface area contributed by atoms with Gasteiger partial charge in [0.15, 0.2) is 0 Å². The molecule has 2 nitrogen and oxygen atoms in total. The molecule has 1 aliphatic carbocycles. The van der Waals surface area contributed by atoms with Gasteiger partial charge in [-0.3, -0.25) is 4.79 Å². The molecule has 2 heteroatoms. The van der Waals surface area contributed by atoms with Crippen molar-refractivity contribution < 1.29 is 4.79 Å². The number of rotatable bonds is 4. The molecule has 0 aliphatic heterocycles. The number of carbonyl (C=O) groups excluding carboxylic acids is 1. The van der Waals surface area contributed by atoms with Crippen molar-refractivity contribution in [2.45, 2.75) is 25.7 Å². The summed E-state index contributed by atoms with van der Waals surface area (Å²) in [5.74, 6) is 0.381. The number of fused-ring (bicyclic) bond motifs is 1. The lowest BCUT2D eigenvalue weighted by molar-refractivity contribution is -0.125. The van der Waals surface area contributed by atoms with Crippen LogP contribution in [-0.4, -0.2) is 12.5 Å². The number of allylic oxidation sites excluding steroid dienone is 2. The maximum atomic E-state index is 12.1. The fourth-order valence-corrected chi connectivity index (χ4v) is 2.90. The predicted octanol–water partition coefficient (Wildman–Crippen LogP) is 3.85. The Kier molecular flexibility index (Phi) is 4.34. The minimum atomic E-state index is 0.173. The molecule has 0 spiro atoms. The first-order chi connectivity index (χ1) is 10.3. The third kappa shape index (κ3) is 3.52. The number of benzene rings is 2. The van der Waals surface area contributed by atoms with Gasteiger partial charge < -0.3 is 5.32 Å². The first-order valence-electron chi connectivity index (χ1n) is 7.73. The highest BCUT2D eigenvalue weighted by Gasteiger charge is 2.17. The van der Waals surface area contributed by atoms with E-state index >= 15 is 0 Å². The fourth-order valence-electron chi connectivity index (χ4n) is 2.90. The molecule has 0 saturated heterocycles. The first-order valence-corrected chi connectivity index (χ1v) is 7.73. The van der Waals surface area contributed by atoms with E-state index in [-0.39, 0.29) is 11.8 Å². The summed E-state index contributed by atoms with van der Waals surface area (Å²) < 4.78 is 0. The fraction of sp³-hybridized carbons (Fsp3) is 0.316. The van der Waals surface area contributed by atoms with Crippen molar-refractivity contribution in [3.8, 4) is 0 Å². The summed E-state index contributed by atoms with van der Waals surface area (Å²) in [6.45, 7) is 0.720. The van der Waals surface area contributed by atoms with Gasteiger partial charge in [0, 0.05) is 12.5 Å².